The molecule has 0 unspecified atom stereocenters. The van der Waals surface area contributed by atoms with Crippen LogP contribution in [0.4, 0.5) is 11.4 Å². The smallest absolute Gasteiger partial charge is 0.271 e. The maximum absolute atomic E-state index is 12.3. The molecule has 0 saturated carbocycles. The van der Waals surface area contributed by atoms with Crippen LogP contribution < -0.4 is 10.1 Å². The first kappa shape index (κ1) is 17.5. The summed E-state index contributed by atoms with van der Waals surface area (Å²) in [6.45, 7) is 0. The van der Waals surface area contributed by atoms with Crippen LogP contribution in [0.15, 0.2) is 48.0 Å². The number of aromatic nitrogens is 2. The Bertz CT molecular complexity index is 943. The highest BCUT2D eigenvalue weighted by atomic mass is 32.1. The molecule has 0 bridgehead atoms. The number of benzene rings is 1. The second-order valence-corrected chi connectivity index (χ2v) is 6.08. The van der Waals surface area contributed by atoms with E-state index in [0.29, 0.717) is 11.4 Å². The van der Waals surface area contributed by atoms with Gasteiger partial charge >= 0.3 is 0 Å². The summed E-state index contributed by atoms with van der Waals surface area (Å²) in [6.07, 6.45) is 1.72. The van der Waals surface area contributed by atoms with Gasteiger partial charge in [-0.05, 0) is 18.2 Å². The molecule has 0 atom stereocenters. The minimum absolute atomic E-state index is 0.0369. The van der Waals surface area contributed by atoms with Crippen molar-refractivity contribution in [3.05, 3.63) is 63.8 Å². The Labute approximate surface area is 152 Å². The lowest BCUT2D eigenvalue weighted by molar-refractivity contribution is -0.384. The number of non-ortho nitro benzene ring substituents is 1. The molecule has 3 aromatic rings. The zero-order valence-electron chi connectivity index (χ0n) is 13.7. The van der Waals surface area contributed by atoms with Crippen LogP contribution in [0.2, 0.25) is 0 Å². The van der Waals surface area contributed by atoms with Crippen LogP contribution in [0.25, 0.3) is 10.7 Å². The van der Waals surface area contributed by atoms with Crippen molar-refractivity contribution < 1.29 is 14.5 Å². The average molecular weight is 370 g/mol. The second-order valence-electron chi connectivity index (χ2n) is 5.23. The minimum atomic E-state index is -0.533. The minimum Gasteiger partial charge on any atom is -0.495 e. The largest absolute Gasteiger partial charge is 0.495 e. The van der Waals surface area contributed by atoms with E-state index in [1.54, 1.807) is 11.6 Å². The van der Waals surface area contributed by atoms with Gasteiger partial charge in [-0.3, -0.25) is 19.9 Å². The summed E-state index contributed by atoms with van der Waals surface area (Å²) >= 11 is 1.40. The van der Waals surface area contributed by atoms with E-state index in [-0.39, 0.29) is 23.7 Å². The third-order valence-electron chi connectivity index (χ3n) is 3.45. The molecule has 8 nitrogen and oxygen atoms in total. The Morgan fingerprint density at radius 3 is 2.88 bits per heavy atom. The third-order valence-corrected chi connectivity index (χ3v) is 4.36. The highest BCUT2D eigenvalue weighted by molar-refractivity contribution is 7.13. The molecule has 26 heavy (non-hydrogen) atoms. The highest BCUT2D eigenvalue weighted by Crippen LogP contribution is 2.29. The lowest BCUT2D eigenvalue weighted by Gasteiger charge is -2.09. The molecular weight excluding hydrogens is 356 g/mol. The fourth-order valence-corrected chi connectivity index (χ4v) is 3.06. The molecule has 0 aliphatic carbocycles. The fraction of sp³-hybridized carbons (Fsp3) is 0.118. The van der Waals surface area contributed by atoms with Crippen molar-refractivity contribution in [2.75, 3.05) is 12.4 Å². The van der Waals surface area contributed by atoms with Crippen molar-refractivity contribution in [1.29, 1.82) is 0 Å². The van der Waals surface area contributed by atoms with E-state index in [0.717, 1.165) is 10.7 Å². The van der Waals surface area contributed by atoms with Crippen LogP contribution in [0.5, 0.6) is 5.75 Å². The number of thiazole rings is 1. The summed E-state index contributed by atoms with van der Waals surface area (Å²) in [5, 5.41) is 16.0. The van der Waals surface area contributed by atoms with Crippen molar-refractivity contribution >= 4 is 28.6 Å². The Hall–Kier alpha value is -3.33. The molecule has 0 radical (unpaired) electrons. The number of carbonyl (C=O) groups is 1. The number of amides is 1. The number of nitrogens with one attached hydrogen (secondary N) is 1. The number of pyridine rings is 1. The number of methoxy groups -OCH3 is 1. The molecule has 132 valence electrons. The van der Waals surface area contributed by atoms with Gasteiger partial charge in [0.1, 0.15) is 10.8 Å². The van der Waals surface area contributed by atoms with E-state index in [1.807, 2.05) is 18.2 Å². The molecule has 9 heteroatoms. The van der Waals surface area contributed by atoms with Crippen molar-refractivity contribution in [2.45, 2.75) is 6.42 Å². The molecular formula is C17H14N4O4S. The maximum atomic E-state index is 12.3. The topological polar surface area (TPSA) is 107 Å². The molecule has 2 aromatic heterocycles. The Kier molecular flexibility index (Phi) is 5.18. The van der Waals surface area contributed by atoms with Gasteiger partial charge in [0.25, 0.3) is 5.69 Å². The first-order chi connectivity index (χ1) is 12.6. The number of rotatable bonds is 6. The van der Waals surface area contributed by atoms with Crippen molar-refractivity contribution in [2.24, 2.45) is 0 Å². The molecule has 3 rings (SSSR count). The molecule has 0 aliphatic rings. The molecule has 0 spiro atoms. The number of anilines is 1. The number of nitrogens with zero attached hydrogens (tertiary/aromatic N) is 3. The zero-order valence-corrected chi connectivity index (χ0v) is 14.5. The maximum Gasteiger partial charge on any atom is 0.271 e. The summed E-state index contributed by atoms with van der Waals surface area (Å²) in [5.41, 5.74) is 1.45. The Morgan fingerprint density at radius 1 is 1.35 bits per heavy atom. The SMILES string of the molecule is COc1ccc([N+](=O)[O-])cc1NC(=O)Cc1csc(-c2ccccn2)n1. The first-order valence-electron chi connectivity index (χ1n) is 7.55. The number of nitro groups is 1. The van der Waals surface area contributed by atoms with E-state index >= 15 is 0 Å². The normalized spacial score (nSPS) is 10.3. The van der Waals surface area contributed by atoms with E-state index in [1.165, 1.54) is 36.6 Å². The summed E-state index contributed by atoms with van der Waals surface area (Å²) in [5.74, 6) is -0.00179. The van der Waals surface area contributed by atoms with Crippen LogP contribution in [-0.4, -0.2) is 27.9 Å². The lowest BCUT2D eigenvalue weighted by Crippen LogP contribution is -2.15. The summed E-state index contributed by atoms with van der Waals surface area (Å²) in [4.78, 5) is 31.3. The van der Waals surface area contributed by atoms with Gasteiger partial charge in [0.15, 0.2) is 0 Å². The van der Waals surface area contributed by atoms with Crippen LogP contribution in [0.3, 0.4) is 0 Å². The molecule has 1 N–H and O–H groups in total. The average Bonchev–Trinajstić information content (AvgIpc) is 3.10. The van der Waals surface area contributed by atoms with Crippen LogP contribution in [-0.2, 0) is 11.2 Å². The number of carbonyl (C=O) groups excluding carboxylic acids is 1. The van der Waals surface area contributed by atoms with Gasteiger partial charge in [-0.2, -0.15) is 0 Å². The van der Waals surface area contributed by atoms with E-state index in [2.05, 4.69) is 15.3 Å². The summed E-state index contributed by atoms with van der Waals surface area (Å²) in [6, 6.07) is 9.54. The van der Waals surface area contributed by atoms with Crippen molar-refractivity contribution in [1.82, 2.24) is 9.97 Å². The predicted octanol–water partition coefficient (Wildman–Crippen LogP) is 3.30. The molecule has 1 amide bonds. The number of hydrogen-bond acceptors (Lipinski definition) is 7. The highest BCUT2D eigenvalue weighted by Gasteiger charge is 2.15. The van der Waals surface area contributed by atoms with Gasteiger partial charge in [-0.25, -0.2) is 4.98 Å². The predicted molar refractivity (Wildman–Crippen MR) is 97.3 cm³/mol. The van der Waals surface area contributed by atoms with Crippen LogP contribution >= 0.6 is 11.3 Å². The van der Waals surface area contributed by atoms with Gasteiger partial charge in [0.05, 0.1) is 35.5 Å². The summed E-state index contributed by atoms with van der Waals surface area (Å²) < 4.78 is 5.13. The van der Waals surface area contributed by atoms with Gasteiger partial charge in [-0.1, -0.05) is 6.07 Å². The fourth-order valence-electron chi connectivity index (χ4n) is 2.26. The Morgan fingerprint density at radius 2 is 2.19 bits per heavy atom. The van der Waals surface area contributed by atoms with Crippen LogP contribution in [0, 0.1) is 10.1 Å². The van der Waals surface area contributed by atoms with Gasteiger partial charge in [-0.15, -0.1) is 11.3 Å². The van der Waals surface area contributed by atoms with Crippen LogP contribution in [0.1, 0.15) is 5.69 Å². The second kappa shape index (κ2) is 7.70. The monoisotopic (exact) mass is 370 g/mol. The first-order valence-corrected chi connectivity index (χ1v) is 8.43. The van der Waals surface area contributed by atoms with Gasteiger partial charge in [0, 0.05) is 23.7 Å². The number of nitro benzene ring substituents is 1. The van der Waals surface area contributed by atoms with Crippen molar-refractivity contribution in [3.63, 3.8) is 0 Å². The quantitative estimate of drug-likeness (QED) is 0.527. The van der Waals surface area contributed by atoms with E-state index in [9.17, 15) is 14.9 Å². The standard InChI is InChI=1S/C17H14N4O4S/c1-25-15-6-5-12(21(23)24)9-14(15)20-16(22)8-11-10-26-17(19-11)13-4-2-3-7-18-13/h2-7,9-10H,8H2,1H3,(H,20,22). The zero-order chi connectivity index (χ0) is 18.5. The molecule has 1 aromatic carbocycles. The molecule has 0 aliphatic heterocycles. The van der Waals surface area contributed by atoms with Crippen molar-refractivity contribution in [3.8, 4) is 16.5 Å². The molecule has 0 fully saturated rings. The van der Waals surface area contributed by atoms with E-state index < -0.39 is 4.92 Å². The summed E-state index contributed by atoms with van der Waals surface area (Å²) in [7, 11) is 1.43. The molecule has 0 saturated heterocycles. The lowest BCUT2D eigenvalue weighted by atomic mass is 10.2. The third kappa shape index (κ3) is 4.01. The van der Waals surface area contributed by atoms with E-state index in [4.69, 9.17) is 4.74 Å². The van der Waals surface area contributed by atoms with Gasteiger partial charge < -0.3 is 10.1 Å². The van der Waals surface area contributed by atoms with Gasteiger partial charge in [0.2, 0.25) is 5.91 Å². The Balaban J connectivity index is 1.73. The number of hydrogen-bond donors (Lipinski definition) is 1. The molecule has 2 heterocycles. The number of ether oxygens (including phenoxy) is 1.